The molecule has 0 aromatic heterocycles. The number of carbonyl (C=O) groups is 1. The monoisotopic (exact) mass is 305 g/mol. The van der Waals surface area contributed by atoms with Crippen molar-refractivity contribution in [3.63, 3.8) is 0 Å². The maximum atomic E-state index is 11.8. The Morgan fingerprint density at radius 3 is 2.14 bits per heavy atom. The van der Waals surface area contributed by atoms with Crippen molar-refractivity contribution in [1.82, 2.24) is 9.80 Å². The number of aliphatic imine (C=N–C) groups is 1. The standard InChI is InChI=1S/C18H31N3O/c1-12-15(17(3,4)5)14-11-20(13(2)22)9-10-21(14)16(19-12)18(6,7)8/h12H,9-11H2,1-8H3/t12-/m0/s1. The van der Waals surface area contributed by atoms with Crippen LogP contribution in [0.3, 0.4) is 0 Å². The molecule has 0 radical (unpaired) electrons. The molecule has 22 heavy (non-hydrogen) atoms. The first-order chi connectivity index (χ1) is 9.93. The van der Waals surface area contributed by atoms with Crippen LogP contribution in [0.5, 0.6) is 0 Å². The molecule has 1 amide bonds. The summed E-state index contributed by atoms with van der Waals surface area (Å²) >= 11 is 0. The van der Waals surface area contributed by atoms with Crippen LogP contribution >= 0.6 is 0 Å². The Labute approximate surface area is 135 Å². The van der Waals surface area contributed by atoms with Crippen molar-refractivity contribution >= 4 is 11.7 Å². The number of piperazine rings is 1. The Kier molecular flexibility index (Phi) is 4.18. The first-order valence-corrected chi connectivity index (χ1v) is 8.28. The summed E-state index contributed by atoms with van der Waals surface area (Å²) in [5.74, 6) is 1.32. The lowest BCUT2D eigenvalue weighted by Gasteiger charge is -2.48. The highest BCUT2D eigenvalue weighted by atomic mass is 16.2. The molecule has 2 aliphatic rings. The second-order valence-electron chi connectivity index (χ2n) is 8.58. The first-order valence-electron chi connectivity index (χ1n) is 8.28. The van der Waals surface area contributed by atoms with E-state index >= 15 is 0 Å². The maximum absolute atomic E-state index is 11.8. The number of amidine groups is 1. The van der Waals surface area contributed by atoms with Gasteiger partial charge in [-0.3, -0.25) is 9.79 Å². The molecule has 0 aliphatic carbocycles. The fraction of sp³-hybridized carbons (Fsp3) is 0.778. The topological polar surface area (TPSA) is 35.9 Å². The molecule has 0 N–H and O–H groups in total. The zero-order valence-electron chi connectivity index (χ0n) is 15.4. The van der Waals surface area contributed by atoms with Crippen LogP contribution in [0.2, 0.25) is 0 Å². The molecular weight excluding hydrogens is 274 g/mol. The third-order valence-corrected chi connectivity index (χ3v) is 4.48. The van der Waals surface area contributed by atoms with E-state index in [-0.39, 0.29) is 22.8 Å². The molecule has 124 valence electrons. The highest BCUT2D eigenvalue weighted by Crippen LogP contribution is 2.40. The summed E-state index contributed by atoms with van der Waals surface area (Å²) in [4.78, 5) is 21.2. The number of nitrogens with zero attached hydrogens (tertiary/aromatic N) is 3. The molecule has 0 aromatic carbocycles. The number of rotatable bonds is 0. The van der Waals surface area contributed by atoms with Crippen LogP contribution in [0.4, 0.5) is 0 Å². The molecule has 1 atom stereocenters. The SMILES string of the molecule is CC(=O)N1CCN2C(C(C)(C)C)=N[C@@H](C)C(C(C)(C)C)=C2C1. The minimum absolute atomic E-state index is 0.0152. The highest BCUT2D eigenvalue weighted by molar-refractivity contribution is 5.90. The molecule has 2 aliphatic heterocycles. The lowest BCUT2D eigenvalue weighted by molar-refractivity contribution is -0.129. The molecule has 0 unspecified atom stereocenters. The predicted octanol–water partition coefficient (Wildman–Crippen LogP) is 3.30. The molecule has 1 fully saturated rings. The van der Waals surface area contributed by atoms with Gasteiger partial charge in [-0.2, -0.15) is 0 Å². The average Bonchev–Trinajstić information content (AvgIpc) is 2.33. The summed E-state index contributed by atoms with van der Waals surface area (Å²) in [6.07, 6.45) is 0. The predicted molar refractivity (Wildman–Crippen MR) is 91.8 cm³/mol. The number of amides is 1. The van der Waals surface area contributed by atoms with Gasteiger partial charge >= 0.3 is 0 Å². The van der Waals surface area contributed by atoms with Crippen molar-refractivity contribution in [2.45, 2.75) is 61.4 Å². The van der Waals surface area contributed by atoms with Crippen molar-refractivity contribution in [1.29, 1.82) is 0 Å². The first kappa shape index (κ1) is 17.0. The lowest BCUT2D eigenvalue weighted by atomic mass is 9.78. The van der Waals surface area contributed by atoms with Gasteiger partial charge < -0.3 is 9.80 Å². The molecule has 4 heteroatoms. The minimum Gasteiger partial charge on any atom is -0.335 e. The molecule has 4 nitrogen and oxygen atoms in total. The molecule has 0 saturated carbocycles. The van der Waals surface area contributed by atoms with E-state index in [0.717, 1.165) is 18.9 Å². The third-order valence-electron chi connectivity index (χ3n) is 4.48. The van der Waals surface area contributed by atoms with E-state index in [4.69, 9.17) is 4.99 Å². The smallest absolute Gasteiger partial charge is 0.219 e. The van der Waals surface area contributed by atoms with Crippen molar-refractivity contribution in [2.75, 3.05) is 19.6 Å². The van der Waals surface area contributed by atoms with E-state index in [9.17, 15) is 4.79 Å². The van der Waals surface area contributed by atoms with Crippen molar-refractivity contribution in [2.24, 2.45) is 15.8 Å². The van der Waals surface area contributed by atoms with Gasteiger partial charge in [0, 0.05) is 31.1 Å². The van der Waals surface area contributed by atoms with E-state index in [0.29, 0.717) is 6.54 Å². The van der Waals surface area contributed by atoms with Crippen LogP contribution in [-0.2, 0) is 4.79 Å². The molecule has 2 rings (SSSR count). The summed E-state index contributed by atoms with van der Waals surface area (Å²) < 4.78 is 0. The van der Waals surface area contributed by atoms with Gasteiger partial charge in [-0.1, -0.05) is 41.5 Å². The Morgan fingerprint density at radius 1 is 1.09 bits per heavy atom. The maximum Gasteiger partial charge on any atom is 0.219 e. The van der Waals surface area contributed by atoms with E-state index < -0.39 is 0 Å². The van der Waals surface area contributed by atoms with Gasteiger partial charge in [0.05, 0.1) is 12.6 Å². The Balaban J connectivity index is 2.52. The van der Waals surface area contributed by atoms with Gasteiger partial charge in [-0.15, -0.1) is 0 Å². The average molecular weight is 305 g/mol. The molecule has 2 heterocycles. The van der Waals surface area contributed by atoms with E-state index in [2.05, 4.69) is 53.4 Å². The summed E-state index contributed by atoms with van der Waals surface area (Å²) in [7, 11) is 0. The van der Waals surface area contributed by atoms with Gasteiger partial charge in [0.25, 0.3) is 0 Å². The van der Waals surface area contributed by atoms with Gasteiger partial charge in [0.1, 0.15) is 5.84 Å². The second-order valence-corrected chi connectivity index (χ2v) is 8.58. The zero-order valence-corrected chi connectivity index (χ0v) is 15.4. The van der Waals surface area contributed by atoms with Crippen LogP contribution in [0.1, 0.15) is 55.4 Å². The summed E-state index contributed by atoms with van der Waals surface area (Å²) in [6.45, 7) is 19.6. The third kappa shape index (κ3) is 3.06. The van der Waals surface area contributed by atoms with Crippen LogP contribution in [0.15, 0.2) is 16.3 Å². The van der Waals surface area contributed by atoms with Gasteiger partial charge in [0.15, 0.2) is 0 Å². The second kappa shape index (κ2) is 5.39. The Bertz CT molecular complexity index is 532. The molecular formula is C18H31N3O. The van der Waals surface area contributed by atoms with E-state index in [1.54, 1.807) is 6.92 Å². The van der Waals surface area contributed by atoms with Gasteiger partial charge in [-0.25, -0.2) is 0 Å². The fourth-order valence-electron chi connectivity index (χ4n) is 3.65. The van der Waals surface area contributed by atoms with Crippen LogP contribution < -0.4 is 0 Å². The van der Waals surface area contributed by atoms with Crippen molar-refractivity contribution < 1.29 is 4.79 Å². The van der Waals surface area contributed by atoms with Crippen LogP contribution in [0, 0.1) is 10.8 Å². The van der Waals surface area contributed by atoms with Crippen LogP contribution in [-0.4, -0.2) is 47.2 Å². The summed E-state index contributed by atoms with van der Waals surface area (Å²) in [6, 6.07) is 0.174. The number of fused-ring (bicyclic) bond motifs is 1. The normalized spacial score (nSPS) is 23.5. The zero-order chi connectivity index (χ0) is 16.9. The van der Waals surface area contributed by atoms with Gasteiger partial charge in [0.2, 0.25) is 5.91 Å². The largest absolute Gasteiger partial charge is 0.335 e. The summed E-state index contributed by atoms with van der Waals surface area (Å²) in [5.41, 5.74) is 2.73. The Hall–Kier alpha value is -1.32. The highest BCUT2D eigenvalue weighted by Gasteiger charge is 2.40. The minimum atomic E-state index is 0.0152. The molecule has 0 aromatic rings. The lowest BCUT2D eigenvalue weighted by Crippen LogP contribution is -2.54. The summed E-state index contributed by atoms with van der Waals surface area (Å²) in [5, 5.41) is 0. The van der Waals surface area contributed by atoms with Crippen molar-refractivity contribution in [3.8, 4) is 0 Å². The number of hydrogen-bond donors (Lipinski definition) is 0. The molecule has 0 spiro atoms. The van der Waals surface area contributed by atoms with E-state index in [1.807, 2.05) is 4.90 Å². The number of carbonyl (C=O) groups excluding carboxylic acids is 1. The number of hydrogen-bond acceptors (Lipinski definition) is 3. The Morgan fingerprint density at radius 2 is 1.68 bits per heavy atom. The van der Waals surface area contributed by atoms with Crippen LogP contribution in [0.25, 0.3) is 0 Å². The fourth-order valence-corrected chi connectivity index (χ4v) is 3.65. The molecule has 1 saturated heterocycles. The molecule has 0 bridgehead atoms. The van der Waals surface area contributed by atoms with Crippen molar-refractivity contribution in [3.05, 3.63) is 11.3 Å². The quantitative estimate of drug-likeness (QED) is 0.688. The van der Waals surface area contributed by atoms with Gasteiger partial charge in [-0.05, 0) is 17.9 Å². The van der Waals surface area contributed by atoms with E-state index in [1.165, 1.54) is 11.3 Å².